The van der Waals surface area contributed by atoms with E-state index in [9.17, 15) is 4.79 Å². The fourth-order valence-corrected chi connectivity index (χ4v) is 4.00. The quantitative estimate of drug-likeness (QED) is 0.729. The molecule has 0 radical (unpaired) electrons. The molecule has 0 bridgehead atoms. The van der Waals surface area contributed by atoms with E-state index in [0.29, 0.717) is 12.1 Å². The Morgan fingerprint density at radius 3 is 2.73 bits per heavy atom. The third-order valence-electron chi connectivity index (χ3n) is 3.71. The van der Waals surface area contributed by atoms with Gasteiger partial charge >= 0.3 is 0 Å². The van der Waals surface area contributed by atoms with E-state index in [0.717, 1.165) is 22.4 Å². The smallest absolute Gasteiger partial charge is 0.260 e. The number of hydrogen-bond acceptors (Lipinski definition) is 3. The molecule has 3 nitrogen and oxygen atoms in total. The van der Waals surface area contributed by atoms with Crippen LogP contribution in [0.25, 0.3) is 0 Å². The number of halogens is 1. The normalized spacial score (nSPS) is 13.5. The highest BCUT2D eigenvalue weighted by Gasteiger charge is 2.23. The molecule has 2 aromatic rings. The Kier molecular flexibility index (Phi) is 4.74. The lowest BCUT2D eigenvalue weighted by Gasteiger charge is -2.18. The summed E-state index contributed by atoms with van der Waals surface area (Å²) in [5, 5.41) is 0.791. The first kappa shape index (κ1) is 15.4. The summed E-state index contributed by atoms with van der Waals surface area (Å²) >= 11 is 5.04. The van der Waals surface area contributed by atoms with Crippen LogP contribution >= 0.6 is 27.3 Å². The molecule has 0 saturated heterocycles. The highest BCUT2D eigenvalue weighted by atomic mass is 79.9. The van der Waals surface area contributed by atoms with Crippen LogP contribution in [0.1, 0.15) is 33.8 Å². The molecule has 1 heterocycles. The predicted octanol–water partition coefficient (Wildman–Crippen LogP) is 4.62. The molecule has 0 N–H and O–H groups in total. The average molecular weight is 377 g/mol. The van der Waals surface area contributed by atoms with Crippen LogP contribution in [-0.4, -0.2) is 17.4 Å². The second-order valence-corrected chi connectivity index (χ2v) is 7.26. The molecule has 114 valence electrons. The molecule has 0 atom stereocenters. The van der Waals surface area contributed by atoms with E-state index < -0.39 is 0 Å². The topological polar surface area (TPSA) is 33.2 Å². The molecule has 1 aliphatic rings. The number of fused-ring (bicyclic) bond motifs is 1. The number of nitrogens with zero attached hydrogens (tertiary/aromatic N) is 2. The second kappa shape index (κ2) is 6.75. The number of hydrogen-bond donors (Lipinski definition) is 0. The van der Waals surface area contributed by atoms with E-state index in [4.69, 9.17) is 4.98 Å². The third-order valence-corrected chi connectivity index (χ3v) is 5.42. The standard InChI is InChI=1S/C17H17BrN2OS/c1-2-11-20(16(21)12-7-9-13(18)10-8-12)17-19-14-5-3-4-6-15(14)22-17/h2,7-10H,1,3-6,11H2. The molecule has 22 heavy (non-hydrogen) atoms. The molecular formula is C17H17BrN2OS. The van der Waals surface area contributed by atoms with Crippen LogP contribution in [0.15, 0.2) is 41.4 Å². The molecule has 1 aliphatic carbocycles. The molecular weight excluding hydrogens is 360 g/mol. The van der Waals surface area contributed by atoms with E-state index in [-0.39, 0.29) is 5.91 Å². The monoisotopic (exact) mass is 376 g/mol. The summed E-state index contributed by atoms with van der Waals surface area (Å²) in [6.45, 7) is 4.25. The van der Waals surface area contributed by atoms with Crippen molar-refractivity contribution >= 4 is 38.3 Å². The van der Waals surface area contributed by atoms with Crippen LogP contribution in [0.2, 0.25) is 0 Å². The van der Waals surface area contributed by atoms with Crippen molar-refractivity contribution in [1.82, 2.24) is 4.98 Å². The van der Waals surface area contributed by atoms with E-state index in [2.05, 4.69) is 22.5 Å². The van der Waals surface area contributed by atoms with Gasteiger partial charge in [-0.2, -0.15) is 0 Å². The molecule has 0 spiro atoms. The summed E-state index contributed by atoms with van der Waals surface area (Å²) in [6.07, 6.45) is 6.27. The van der Waals surface area contributed by atoms with Gasteiger partial charge in [0.25, 0.3) is 5.91 Å². The summed E-state index contributed by atoms with van der Waals surface area (Å²) in [7, 11) is 0. The Bertz CT molecular complexity index is 670. The van der Waals surface area contributed by atoms with Crippen LogP contribution in [0, 0.1) is 0 Å². The zero-order valence-corrected chi connectivity index (χ0v) is 14.6. The molecule has 1 amide bonds. The van der Waals surface area contributed by atoms with Gasteiger partial charge < -0.3 is 0 Å². The Morgan fingerprint density at radius 1 is 1.32 bits per heavy atom. The summed E-state index contributed by atoms with van der Waals surface area (Å²) in [5.74, 6) is -0.0292. The van der Waals surface area contributed by atoms with Crippen molar-refractivity contribution in [3.05, 3.63) is 57.5 Å². The van der Waals surface area contributed by atoms with E-state index in [1.54, 1.807) is 22.3 Å². The fourth-order valence-electron chi connectivity index (χ4n) is 2.58. The fraction of sp³-hybridized carbons (Fsp3) is 0.294. The van der Waals surface area contributed by atoms with Crippen LogP contribution in [-0.2, 0) is 12.8 Å². The van der Waals surface area contributed by atoms with Crippen molar-refractivity contribution in [3.8, 4) is 0 Å². The number of carbonyl (C=O) groups is 1. The zero-order chi connectivity index (χ0) is 15.5. The van der Waals surface area contributed by atoms with Gasteiger partial charge in [0.2, 0.25) is 0 Å². The zero-order valence-electron chi connectivity index (χ0n) is 12.2. The van der Waals surface area contributed by atoms with Crippen molar-refractivity contribution in [3.63, 3.8) is 0 Å². The number of benzene rings is 1. The molecule has 3 rings (SSSR count). The van der Waals surface area contributed by atoms with Gasteiger partial charge in [-0.1, -0.05) is 22.0 Å². The first-order valence-electron chi connectivity index (χ1n) is 7.36. The summed E-state index contributed by atoms with van der Waals surface area (Å²) < 4.78 is 0.962. The van der Waals surface area contributed by atoms with Crippen LogP contribution in [0.3, 0.4) is 0 Å². The number of anilines is 1. The van der Waals surface area contributed by atoms with Gasteiger partial charge in [-0.3, -0.25) is 9.69 Å². The average Bonchev–Trinajstić information content (AvgIpc) is 2.96. The van der Waals surface area contributed by atoms with Gasteiger partial charge in [-0.15, -0.1) is 17.9 Å². The Hall–Kier alpha value is -1.46. The Balaban J connectivity index is 1.91. The lowest BCUT2D eigenvalue weighted by Crippen LogP contribution is -2.31. The Labute approximate surface area is 142 Å². The second-order valence-electron chi connectivity index (χ2n) is 5.28. The van der Waals surface area contributed by atoms with Crippen molar-refractivity contribution in [2.75, 3.05) is 11.4 Å². The predicted molar refractivity (Wildman–Crippen MR) is 94.8 cm³/mol. The SMILES string of the molecule is C=CCN(C(=O)c1ccc(Br)cc1)c1nc2c(s1)CCCC2. The molecule has 1 aromatic heterocycles. The molecule has 1 aromatic carbocycles. The minimum absolute atomic E-state index is 0.0292. The summed E-state index contributed by atoms with van der Waals surface area (Å²) in [5.41, 5.74) is 1.84. The van der Waals surface area contributed by atoms with Crippen molar-refractivity contribution in [2.24, 2.45) is 0 Å². The van der Waals surface area contributed by atoms with Crippen LogP contribution in [0.4, 0.5) is 5.13 Å². The maximum absolute atomic E-state index is 12.8. The molecule has 0 saturated carbocycles. The highest BCUT2D eigenvalue weighted by molar-refractivity contribution is 9.10. The van der Waals surface area contributed by atoms with Crippen LogP contribution in [0.5, 0.6) is 0 Å². The molecule has 0 aliphatic heterocycles. The number of thiazole rings is 1. The van der Waals surface area contributed by atoms with Crippen LogP contribution < -0.4 is 4.90 Å². The molecule has 5 heteroatoms. The van der Waals surface area contributed by atoms with E-state index >= 15 is 0 Å². The number of amides is 1. The number of aryl methyl sites for hydroxylation is 2. The lowest BCUT2D eigenvalue weighted by atomic mass is 10.0. The number of rotatable bonds is 4. The third kappa shape index (κ3) is 3.15. The largest absolute Gasteiger partial charge is 0.280 e. The summed E-state index contributed by atoms with van der Waals surface area (Å²) in [4.78, 5) is 20.5. The van der Waals surface area contributed by atoms with Gasteiger partial charge in [-0.25, -0.2) is 4.98 Å². The maximum Gasteiger partial charge on any atom is 0.260 e. The van der Waals surface area contributed by atoms with Gasteiger partial charge in [0, 0.05) is 21.5 Å². The minimum Gasteiger partial charge on any atom is -0.280 e. The van der Waals surface area contributed by atoms with Gasteiger partial charge in [0.1, 0.15) is 0 Å². The lowest BCUT2D eigenvalue weighted by molar-refractivity contribution is 0.0989. The minimum atomic E-state index is -0.0292. The van der Waals surface area contributed by atoms with Gasteiger partial charge in [0.05, 0.1) is 5.69 Å². The molecule has 0 unspecified atom stereocenters. The van der Waals surface area contributed by atoms with E-state index in [1.807, 2.05) is 24.3 Å². The van der Waals surface area contributed by atoms with E-state index in [1.165, 1.54) is 23.4 Å². The van der Waals surface area contributed by atoms with Gasteiger partial charge in [-0.05, 0) is 49.9 Å². The highest BCUT2D eigenvalue weighted by Crippen LogP contribution is 2.32. The number of aromatic nitrogens is 1. The van der Waals surface area contributed by atoms with Crippen molar-refractivity contribution in [2.45, 2.75) is 25.7 Å². The molecule has 0 fully saturated rings. The first-order chi connectivity index (χ1) is 10.7. The van der Waals surface area contributed by atoms with Gasteiger partial charge in [0.15, 0.2) is 5.13 Å². The van der Waals surface area contributed by atoms with Crippen molar-refractivity contribution < 1.29 is 4.79 Å². The van der Waals surface area contributed by atoms with Crippen molar-refractivity contribution in [1.29, 1.82) is 0 Å². The Morgan fingerprint density at radius 2 is 2.05 bits per heavy atom. The summed E-state index contributed by atoms with van der Waals surface area (Å²) in [6, 6.07) is 7.42. The number of carbonyl (C=O) groups excluding carboxylic acids is 1. The maximum atomic E-state index is 12.8. The first-order valence-corrected chi connectivity index (χ1v) is 8.97.